The van der Waals surface area contributed by atoms with Crippen molar-refractivity contribution in [1.29, 1.82) is 0 Å². The van der Waals surface area contributed by atoms with E-state index in [1.54, 1.807) is 7.11 Å². The molecule has 4 nitrogen and oxygen atoms in total. The van der Waals surface area contributed by atoms with Crippen molar-refractivity contribution in [3.05, 3.63) is 29.3 Å². The summed E-state index contributed by atoms with van der Waals surface area (Å²) in [6.07, 6.45) is 1.09. The molecule has 1 fully saturated rings. The zero-order valence-corrected chi connectivity index (χ0v) is 12.6. The molecule has 2 rings (SSSR count). The van der Waals surface area contributed by atoms with Crippen molar-refractivity contribution in [2.45, 2.75) is 26.3 Å². The summed E-state index contributed by atoms with van der Waals surface area (Å²) in [4.78, 5) is 15.0. The van der Waals surface area contributed by atoms with Gasteiger partial charge in [0.15, 0.2) is 5.78 Å². The Hall–Kier alpha value is -1.39. The molecule has 0 amide bonds. The SMILES string of the molecule is COc1ccc(C)cc1C(=O)C(C)N1CCCNCC1. The van der Waals surface area contributed by atoms with Crippen LogP contribution in [0.5, 0.6) is 5.75 Å². The molecule has 1 atom stereocenters. The summed E-state index contributed by atoms with van der Waals surface area (Å²) in [6, 6.07) is 5.66. The van der Waals surface area contributed by atoms with Crippen LogP contribution in [0.3, 0.4) is 0 Å². The average Bonchev–Trinajstić information content (AvgIpc) is 2.74. The van der Waals surface area contributed by atoms with E-state index in [-0.39, 0.29) is 11.8 Å². The van der Waals surface area contributed by atoms with Gasteiger partial charge in [-0.1, -0.05) is 11.6 Å². The Kier molecular flexibility index (Phi) is 5.15. The Balaban J connectivity index is 2.19. The molecular weight excluding hydrogens is 252 g/mol. The second kappa shape index (κ2) is 6.86. The predicted molar refractivity (Wildman–Crippen MR) is 80.6 cm³/mol. The van der Waals surface area contributed by atoms with Crippen molar-refractivity contribution in [3.63, 3.8) is 0 Å². The van der Waals surface area contributed by atoms with E-state index in [0.717, 1.165) is 38.2 Å². The topological polar surface area (TPSA) is 41.6 Å². The second-order valence-electron chi connectivity index (χ2n) is 5.38. The summed E-state index contributed by atoms with van der Waals surface area (Å²) >= 11 is 0. The Bertz CT molecular complexity index is 466. The number of carbonyl (C=O) groups is 1. The Morgan fingerprint density at radius 3 is 2.90 bits per heavy atom. The molecule has 0 saturated carbocycles. The number of benzene rings is 1. The zero-order valence-electron chi connectivity index (χ0n) is 12.6. The van der Waals surface area contributed by atoms with Crippen LogP contribution in [-0.4, -0.2) is 50.0 Å². The van der Waals surface area contributed by atoms with Crippen molar-refractivity contribution >= 4 is 5.78 Å². The number of hydrogen-bond donors (Lipinski definition) is 1. The van der Waals surface area contributed by atoms with Crippen LogP contribution < -0.4 is 10.1 Å². The number of nitrogens with one attached hydrogen (secondary N) is 1. The van der Waals surface area contributed by atoms with Crippen LogP contribution in [-0.2, 0) is 0 Å². The number of ether oxygens (including phenoxy) is 1. The maximum atomic E-state index is 12.7. The molecule has 1 unspecified atom stereocenters. The van der Waals surface area contributed by atoms with E-state index in [2.05, 4.69) is 10.2 Å². The van der Waals surface area contributed by atoms with Gasteiger partial charge in [0.1, 0.15) is 5.75 Å². The highest BCUT2D eigenvalue weighted by molar-refractivity contribution is 6.02. The van der Waals surface area contributed by atoms with E-state index < -0.39 is 0 Å². The van der Waals surface area contributed by atoms with Crippen LogP contribution in [0, 0.1) is 6.92 Å². The lowest BCUT2D eigenvalue weighted by Gasteiger charge is -2.26. The molecule has 1 N–H and O–H groups in total. The molecule has 1 aliphatic heterocycles. The summed E-state index contributed by atoms with van der Waals surface area (Å²) in [5, 5.41) is 3.36. The van der Waals surface area contributed by atoms with Crippen molar-refractivity contribution < 1.29 is 9.53 Å². The number of hydrogen-bond acceptors (Lipinski definition) is 4. The minimum Gasteiger partial charge on any atom is -0.496 e. The molecule has 1 saturated heterocycles. The van der Waals surface area contributed by atoms with E-state index in [1.807, 2.05) is 32.0 Å². The number of Topliss-reactive ketones (excluding diaryl/α,β-unsaturated/α-hetero) is 1. The first kappa shape index (κ1) is 15.0. The molecular formula is C16H24N2O2. The van der Waals surface area contributed by atoms with Crippen LogP contribution >= 0.6 is 0 Å². The molecule has 4 heteroatoms. The Morgan fingerprint density at radius 1 is 1.35 bits per heavy atom. The van der Waals surface area contributed by atoms with Gasteiger partial charge in [-0.15, -0.1) is 0 Å². The van der Waals surface area contributed by atoms with Crippen LogP contribution in [0.1, 0.15) is 29.3 Å². The first-order valence-corrected chi connectivity index (χ1v) is 7.27. The third kappa shape index (κ3) is 3.38. The predicted octanol–water partition coefficient (Wildman–Crippen LogP) is 1.87. The molecule has 1 aromatic rings. The first-order valence-electron chi connectivity index (χ1n) is 7.27. The second-order valence-corrected chi connectivity index (χ2v) is 5.38. The quantitative estimate of drug-likeness (QED) is 0.853. The molecule has 20 heavy (non-hydrogen) atoms. The molecule has 0 bridgehead atoms. The minimum absolute atomic E-state index is 0.106. The van der Waals surface area contributed by atoms with Gasteiger partial charge in [0.2, 0.25) is 0 Å². The van der Waals surface area contributed by atoms with Gasteiger partial charge in [-0.25, -0.2) is 0 Å². The monoisotopic (exact) mass is 276 g/mol. The number of carbonyl (C=O) groups excluding carboxylic acids is 1. The summed E-state index contributed by atoms with van der Waals surface area (Å²) in [6.45, 7) is 7.86. The van der Waals surface area contributed by atoms with Gasteiger partial charge >= 0.3 is 0 Å². The van der Waals surface area contributed by atoms with E-state index in [0.29, 0.717) is 11.3 Å². The zero-order chi connectivity index (χ0) is 14.5. The molecule has 0 spiro atoms. The Morgan fingerprint density at radius 2 is 2.15 bits per heavy atom. The smallest absolute Gasteiger partial charge is 0.183 e. The lowest BCUT2D eigenvalue weighted by molar-refractivity contribution is 0.0843. The number of methoxy groups -OCH3 is 1. The molecule has 0 radical (unpaired) electrons. The van der Waals surface area contributed by atoms with Crippen LogP contribution in [0.2, 0.25) is 0 Å². The minimum atomic E-state index is -0.106. The maximum absolute atomic E-state index is 12.7. The largest absolute Gasteiger partial charge is 0.496 e. The summed E-state index contributed by atoms with van der Waals surface area (Å²) in [5.41, 5.74) is 1.77. The van der Waals surface area contributed by atoms with Crippen molar-refractivity contribution in [2.75, 3.05) is 33.3 Å². The third-order valence-electron chi connectivity index (χ3n) is 3.92. The highest BCUT2D eigenvalue weighted by atomic mass is 16.5. The standard InChI is InChI=1S/C16H24N2O2/c1-12-5-6-15(20-3)14(11-12)16(19)13(2)18-9-4-7-17-8-10-18/h5-6,11,13,17H,4,7-10H2,1-3H3. The van der Waals surface area contributed by atoms with Crippen molar-refractivity contribution in [3.8, 4) is 5.75 Å². The molecule has 0 aliphatic carbocycles. The normalized spacial score (nSPS) is 18.4. The molecule has 110 valence electrons. The number of ketones is 1. The average molecular weight is 276 g/mol. The lowest BCUT2D eigenvalue weighted by Crippen LogP contribution is -2.41. The van der Waals surface area contributed by atoms with E-state index >= 15 is 0 Å². The van der Waals surface area contributed by atoms with E-state index in [9.17, 15) is 4.79 Å². The maximum Gasteiger partial charge on any atom is 0.183 e. The molecule has 1 heterocycles. The van der Waals surface area contributed by atoms with Gasteiger partial charge in [-0.05, 0) is 38.9 Å². The fourth-order valence-electron chi connectivity index (χ4n) is 2.66. The van der Waals surface area contributed by atoms with Gasteiger partial charge in [0, 0.05) is 19.6 Å². The van der Waals surface area contributed by atoms with Gasteiger partial charge in [0.05, 0.1) is 18.7 Å². The van der Waals surface area contributed by atoms with Gasteiger partial charge in [0.25, 0.3) is 0 Å². The van der Waals surface area contributed by atoms with E-state index in [1.165, 1.54) is 0 Å². The van der Waals surface area contributed by atoms with Gasteiger partial charge in [-0.3, -0.25) is 9.69 Å². The molecule has 1 aliphatic rings. The molecule has 1 aromatic carbocycles. The van der Waals surface area contributed by atoms with Crippen LogP contribution in [0.25, 0.3) is 0 Å². The van der Waals surface area contributed by atoms with E-state index in [4.69, 9.17) is 4.74 Å². The fourth-order valence-corrected chi connectivity index (χ4v) is 2.66. The lowest BCUT2D eigenvalue weighted by atomic mass is 10.0. The highest BCUT2D eigenvalue weighted by Gasteiger charge is 2.25. The molecule has 0 aromatic heterocycles. The van der Waals surface area contributed by atoms with Crippen molar-refractivity contribution in [1.82, 2.24) is 10.2 Å². The van der Waals surface area contributed by atoms with Crippen LogP contribution in [0.15, 0.2) is 18.2 Å². The van der Waals surface area contributed by atoms with Gasteiger partial charge in [-0.2, -0.15) is 0 Å². The summed E-state index contributed by atoms with van der Waals surface area (Å²) < 4.78 is 5.33. The Labute approximate surface area is 121 Å². The first-order chi connectivity index (χ1) is 9.63. The van der Waals surface area contributed by atoms with Crippen LogP contribution in [0.4, 0.5) is 0 Å². The third-order valence-corrected chi connectivity index (χ3v) is 3.92. The highest BCUT2D eigenvalue weighted by Crippen LogP contribution is 2.22. The number of aryl methyl sites for hydroxylation is 1. The summed E-state index contributed by atoms with van der Waals surface area (Å²) in [7, 11) is 1.61. The number of rotatable bonds is 4. The summed E-state index contributed by atoms with van der Waals surface area (Å²) in [5.74, 6) is 0.813. The number of nitrogens with zero attached hydrogens (tertiary/aromatic N) is 1. The fraction of sp³-hybridized carbons (Fsp3) is 0.562. The van der Waals surface area contributed by atoms with Gasteiger partial charge < -0.3 is 10.1 Å². The van der Waals surface area contributed by atoms with Crippen molar-refractivity contribution in [2.24, 2.45) is 0 Å².